The summed E-state index contributed by atoms with van der Waals surface area (Å²) in [6.07, 6.45) is 0. The van der Waals surface area contributed by atoms with Gasteiger partial charge in [0.15, 0.2) is 0 Å². The van der Waals surface area contributed by atoms with Gasteiger partial charge in [-0.2, -0.15) is 0 Å². The summed E-state index contributed by atoms with van der Waals surface area (Å²) < 4.78 is 11.5. The normalized spacial score (nSPS) is 10.8. The molecule has 0 fully saturated rings. The van der Waals surface area contributed by atoms with E-state index in [-0.39, 0.29) is 0 Å². The fourth-order valence-electron chi connectivity index (χ4n) is 1.62. The van der Waals surface area contributed by atoms with Crippen molar-refractivity contribution in [2.75, 3.05) is 0 Å². The van der Waals surface area contributed by atoms with E-state index in [9.17, 15) is 0 Å². The molecular formula is C15H18O2Si. The first kappa shape index (κ1) is 13.0. The van der Waals surface area contributed by atoms with E-state index in [1.807, 2.05) is 36.4 Å². The van der Waals surface area contributed by atoms with E-state index in [0.29, 0.717) is 13.2 Å². The average Bonchev–Trinajstić information content (AvgIpc) is 2.45. The summed E-state index contributed by atoms with van der Waals surface area (Å²) in [5.41, 5.74) is 2.39. The van der Waals surface area contributed by atoms with E-state index in [0.717, 1.165) is 0 Å². The summed E-state index contributed by atoms with van der Waals surface area (Å²) in [7, 11) is -1.54. The summed E-state index contributed by atoms with van der Waals surface area (Å²) in [5.74, 6) is 0. The Morgan fingerprint density at radius 2 is 1.11 bits per heavy atom. The van der Waals surface area contributed by atoms with Crippen LogP contribution in [-0.2, 0) is 22.1 Å². The fourth-order valence-corrected chi connectivity index (χ4v) is 2.57. The highest BCUT2D eigenvalue weighted by atomic mass is 28.3. The molecule has 0 bridgehead atoms. The van der Waals surface area contributed by atoms with E-state index >= 15 is 0 Å². The molecule has 0 aromatic heterocycles. The zero-order chi connectivity index (χ0) is 12.6. The molecule has 0 aliphatic heterocycles. The zero-order valence-electron chi connectivity index (χ0n) is 10.6. The van der Waals surface area contributed by atoms with E-state index in [4.69, 9.17) is 8.85 Å². The minimum absolute atomic E-state index is 0.642. The van der Waals surface area contributed by atoms with Crippen molar-refractivity contribution in [3.63, 3.8) is 0 Å². The summed E-state index contributed by atoms with van der Waals surface area (Å²) in [4.78, 5) is 0. The molecule has 0 amide bonds. The van der Waals surface area contributed by atoms with Gasteiger partial charge in [-0.15, -0.1) is 0 Å². The lowest BCUT2D eigenvalue weighted by atomic mass is 10.2. The first-order valence-corrected chi connectivity index (χ1v) is 8.25. The van der Waals surface area contributed by atoms with Crippen LogP contribution < -0.4 is 0 Å². The van der Waals surface area contributed by atoms with Crippen molar-refractivity contribution in [3.8, 4) is 0 Å². The van der Waals surface area contributed by atoms with Crippen LogP contribution >= 0.6 is 0 Å². The van der Waals surface area contributed by atoms with Crippen LogP contribution in [0.5, 0.6) is 0 Å². The van der Waals surface area contributed by atoms with E-state index in [1.165, 1.54) is 11.1 Å². The van der Waals surface area contributed by atoms with Gasteiger partial charge in [0.25, 0.3) is 0 Å². The van der Waals surface area contributed by atoms with Crippen molar-refractivity contribution in [3.05, 3.63) is 71.8 Å². The largest absolute Gasteiger partial charge is 0.392 e. The maximum Gasteiger partial charge on any atom is 0.318 e. The van der Waals surface area contributed by atoms with Gasteiger partial charge < -0.3 is 8.85 Å². The van der Waals surface area contributed by atoms with Crippen molar-refractivity contribution in [2.45, 2.75) is 19.8 Å². The van der Waals surface area contributed by atoms with Gasteiger partial charge in [-0.05, 0) is 17.7 Å². The molecule has 94 valence electrons. The Kier molecular flexibility index (Phi) is 5.14. The van der Waals surface area contributed by atoms with Crippen molar-refractivity contribution in [2.24, 2.45) is 0 Å². The molecule has 0 unspecified atom stereocenters. The second kappa shape index (κ2) is 7.11. The average molecular weight is 258 g/mol. The molecule has 0 spiro atoms. The first-order valence-electron chi connectivity index (χ1n) is 6.15. The van der Waals surface area contributed by atoms with Crippen molar-refractivity contribution < 1.29 is 8.85 Å². The molecular weight excluding hydrogens is 240 g/mol. The van der Waals surface area contributed by atoms with Crippen LogP contribution in [0.1, 0.15) is 11.1 Å². The lowest BCUT2D eigenvalue weighted by Gasteiger charge is -2.12. The molecule has 0 aliphatic rings. The van der Waals surface area contributed by atoms with Crippen LogP contribution in [0.2, 0.25) is 6.55 Å². The van der Waals surface area contributed by atoms with Crippen LogP contribution in [0.3, 0.4) is 0 Å². The van der Waals surface area contributed by atoms with Crippen LogP contribution in [0.15, 0.2) is 60.7 Å². The Morgan fingerprint density at radius 1 is 0.722 bits per heavy atom. The zero-order valence-corrected chi connectivity index (χ0v) is 11.7. The SMILES string of the molecule is C[SiH](OCc1ccccc1)OCc1ccccc1. The molecule has 2 rings (SSSR count). The summed E-state index contributed by atoms with van der Waals surface area (Å²) in [5, 5.41) is 0. The van der Waals surface area contributed by atoms with Gasteiger partial charge >= 0.3 is 9.28 Å². The molecule has 18 heavy (non-hydrogen) atoms. The molecule has 0 aliphatic carbocycles. The molecule has 2 aromatic rings. The quantitative estimate of drug-likeness (QED) is 0.740. The smallest absolute Gasteiger partial charge is 0.318 e. The first-order chi connectivity index (χ1) is 8.84. The minimum Gasteiger partial charge on any atom is -0.392 e. The van der Waals surface area contributed by atoms with Gasteiger partial charge in [-0.25, -0.2) is 0 Å². The Balaban J connectivity index is 1.71. The fraction of sp³-hybridized carbons (Fsp3) is 0.200. The van der Waals surface area contributed by atoms with E-state index < -0.39 is 9.28 Å². The second-order valence-electron chi connectivity index (χ2n) is 4.16. The summed E-state index contributed by atoms with van der Waals surface area (Å²) in [6.45, 7) is 3.35. The third-order valence-electron chi connectivity index (χ3n) is 2.66. The van der Waals surface area contributed by atoms with Gasteiger partial charge in [-0.3, -0.25) is 0 Å². The molecule has 3 heteroatoms. The van der Waals surface area contributed by atoms with Crippen LogP contribution in [0.25, 0.3) is 0 Å². The third kappa shape index (κ3) is 4.45. The van der Waals surface area contributed by atoms with Crippen molar-refractivity contribution in [1.82, 2.24) is 0 Å². The van der Waals surface area contributed by atoms with E-state index in [2.05, 4.69) is 30.8 Å². The molecule has 2 nitrogen and oxygen atoms in total. The summed E-state index contributed by atoms with van der Waals surface area (Å²) >= 11 is 0. The van der Waals surface area contributed by atoms with Gasteiger partial charge in [0.2, 0.25) is 0 Å². The van der Waals surface area contributed by atoms with Crippen LogP contribution in [0.4, 0.5) is 0 Å². The van der Waals surface area contributed by atoms with Crippen LogP contribution in [-0.4, -0.2) is 9.28 Å². The lowest BCUT2D eigenvalue weighted by molar-refractivity contribution is 0.187. The molecule has 0 heterocycles. The Morgan fingerprint density at radius 3 is 1.50 bits per heavy atom. The summed E-state index contributed by atoms with van der Waals surface area (Å²) in [6, 6.07) is 20.4. The molecule has 2 aromatic carbocycles. The second-order valence-corrected chi connectivity index (χ2v) is 5.96. The predicted molar refractivity (Wildman–Crippen MR) is 75.5 cm³/mol. The number of benzene rings is 2. The maximum atomic E-state index is 5.77. The molecule has 0 saturated heterocycles. The number of hydrogen-bond acceptors (Lipinski definition) is 2. The van der Waals surface area contributed by atoms with Gasteiger partial charge in [0.1, 0.15) is 0 Å². The Bertz CT molecular complexity index is 401. The van der Waals surface area contributed by atoms with Crippen molar-refractivity contribution in [1.29, 1.82) is 0 Å². The topological polar surface area (TPSA) is 18.5 Å². The highest BCUT2D eigenvalue weighted by molar-refractivity contribution is 6.42. The Hall–Kier alpha value is -1.42. The molecule has 0 radical (unpaired) electrons. The highest BCUT2D eigenvalue weighted by Gasteiger charge is 2.06. The predicted octanol–water partition coefficient (Wildman–Crippen LogP) is 3.27. The van der Waals surface area contributed by atoms with Gasteiger partial charge in [0.05, 0.1) is 13.2 Å². The minimum atomic E-state index is -1.54. The van der Waals surface area contributed by atoms with Crippen molar-refractivity contribution >= 4 is 9.28 Å². The van der Waals surface area contributed by atoms with Gasteiger partial charge in [-0.1, -0.05) is 60.7 Å². The third-order valence-corrected chi connectivity index (χ3v) is 3.93. The monoisotopic (exact) mass is 258 g/mol. The van der Waals surface area contributed by atoms with E-state index in [1.54, 1.807) is 0 Å². The van der Waals surface area contributed by atoms with Gasteiger partial charge in [0, 0.05) is 0 Å². The number of hydrogen-bond donors (Lipinski definition) is 0. The molecule has 0 saturated carbocycles. The highest BCUT2D eigenvalue weighted by Crippen LogP contribution is 2.05. The van der Waals surface area contributed by atoms with Crippen LogP contribution in [0, 0.1) is 0 Å². The molecule has 0 atom stereocenters. The standard InChI is InChI=1S/C15H18O2Si/c1-18(16-12-14-8-4-2-5-9-14)17-13-15-10-6-3-7-11-15/h2-11,18H,12-13H2,1H3. The lowest BCUT2D eigenvalue weighted by Crippen LogP contribution is -2.18. The molecule has 0 N–H and O–H groups in total. The Labute approximate surface area is 110 Å². The maximum absolute atomic E-state index is 5.77. The number of rotatable bonds is 6.